The third-order valence-electron chi connectivity index (χ3n) is 10.6. The molecule has 394 valence electrons. The summed E-state index contributed by atoms with van der Waals surface area (Å²) >= 11 is 6.33. The molecule has 1 saturated heterocycles. The van der Waals surface area contributed by atoms with E-state index in [2.05, 4.69) is 47.7 Å². The third-order valence-corrected chi connectivity index (χ3v) is 10.8. The van der Waals surface area contributed by atoms with Crippen LogP contribution in [0, 0.1) is 17.5 Å². The molecule has 3 aromatic heterocycles. The van der Waals surface area contributed by atoms with Crippen LogP contribution in [0.4, 0.5) is 19.0 Å². The van der Waals surface area contributed by atoms with Crippen molar-refractivity contribution in [2.45, 2.75) is 64.6 Å². The predicted octanol–water partition coefficient (Wildman–Crippen LogP) is 5.25. The monoisotopic (exact) mass is 1040 g/mol. The first-order valence-corrected chi connectivity index (χ1v) is 24.1. The number of halogens is 4. The van der Waals surface area contributed by atoms with Gasteiger partial charge in [-0.05, 0) is 42.5 Å². The minimum Gasteiger partial charge on any atom is -0.420 e. The molecular formula is C47H61ClF3N9O12. The Morgan fingerprint density at radius 2 is 1.42 bits per heavy atom. The molecule has 0 aliphatic carbocycles. The zero-order valence-electron chi connectivity index (χ0n) is 40.1. The highest BCUT2D eigenvalue weighted by atomic mass is 35.5. The van der Waals surface area contributed by atoms with Gasteiger partial charge in [0.2, 0.25) is 11.0 Å². The second kappa shape index (κ2) is 31.2. The summed E-state index contributed by atoms with van der Waals surface area (Å²) in [7, 11) is 0. The van der Waals surface area contributed by atoms with E-state index in [9.17, 15) is 22.8 Å². The molecule has 72 heavy (non-hydrogen) atoms. The number of ether oxygens (including phenoxy) is 10. The number of amides is 1. The van der Waals surface area contributed by atoms with Crippen LogP contribution in [0.25, 0.3) is 11.0 Å². The number of rotatable bonds is 36. The summed E-state index contributed by atoms with van der Waals surface area (Å²) < 4.78 is 98.4. The van der Waals surface area contributed by atoms with Crippen LogP contribution in [-0.2, 0) is 67.1 Å². The Morgan fingerprint density at radius 3 is 2.08 bits per heavy atom. The molecule has 2 unspecified atom stereocenters. The van der Waals surface area contributed by atoms with Crippen LogP contribution in [0.2, 0.25) is 5.28 Å². The van der Waals surface area contributed by atoms with Crippen molar-refractivity contribution in [2.24, 2.45) is 0 Å². The lowest BCUT2D eigenvalue weighted by atomic mass is 10.1. The number of nitrogens with zero attached hydrogens (tertiary/aromatic N) is 7. The van der Waals surface area contributed by atoms with Crippen LogP contribution in [0.1, 0.15) is 60.5 Å². The van der Waals surface area contributed by atoms with E-state index in [0.717, 1.165) is 24.8 Å². The zero-order chi connectivity index (χ0) is 50.8. The molecular weight excluding hydrogens is 975 g/mol. The molecule has 0 spiro atoms. The molecule has 2 aromatic carbocycles. The van der Waals surface area contributed by atoms with E-state index in [1.807, 2.05) is 18.2 Å². The summed E-state index contributed by atoms with van der Waals surface area (Å²) in [5.74, 6) is -5.31. The number of anilines is 1. The van der Waals surface area contributed by atoms with Crippen LogP contribution in [-0.4, -0.2) is 158 Å². The number of hydrogen-bond donors (Lipinski definition) is 2. The van der Waals surface area contributed by atoms with Gasteiger partial charge in [0.1, 0.15) is 17.3 Å². The first-order chi connectivity index (χ1) is 35.2. The highest BCUT2D eigenvalue weighted by molar-refractivity contribution is 6.28. The third kappa shape index (κ3) is 18.9. The van der Waals surface area contributed by atoms with E-state index in [-0.39, 0.29) is 56.4 Å². The zero-order valence-corrected chi connectivity index (χ0v) is 40.8. The quantitative estimate of drug-likeness (QED) is 0.0226. The maximum atomic E-state index is 13.6. The van der Waals surface area contributed by atoms with Crippen LogP contribution in [0.15, 0.2) is 48.8 Å². The average Bonchev–Trinajstić information content (AvgIpc) is 4.15. The van der Waals surface area contributed by atoms with Gasteiger partial charge in [0.25, 0.3) is 5.91 Å². The minimum absolute atomic E-state index is 0.0511. The normalized spacial score (nSPS) is 14.6. The van der Waals surface area contributed by atoms with Gasteiger partial charge in [-0.2, -0.15) is 15.1 Å². The molecule has 2 N–H and O–H groups in total. The van der Waals surface area contributed by atoms with Gasteiger partial charge < -0.3 is 58.0 Å². The Hall–Kier alpha value is -5.41. The summed E-state index contributed by atoms with van der Waals surface area (Å²) in [5, 5.41) is 19.8. The number of fused-ring (bicyclic) bond motifs is 1. The van der Waals surface area contributed by atoms with Gasteiger partial charge in [-0.15, -0.1) is 5.10 Å². The first kappa shape index (κ1) is 55.9. The average molecular weight is 1040 g/mol. The lowest BCUT2D eigenvalue weighted by Gasteiger charge is -2.14. The molecule has 1 aliphatic rings. The summed E-state index contributed by atoms with van der Waals surface area (Å²) in [6.45, 7) is 8.37. The van der Waals surface area contributed by atoms with Crippen molar-refractivity contribution in [1.29, 1.82) is 0 Å². The van der Waals surface area contributed by atoms with E-state index >= 15 is 0 Å². The van der Waals surface area contributed by atoms with Gasteiger partial charge in [0.05, 0.1) is 143 Å². The highest BCUT2D eigenvalue weighted by Crippen LogP contribution is 2.33. The molecule has 4 heterocycles. The van der Waals surface area contributed by atoms with Crippen molar-refractivity contribution in [3.05, 3.63) is 88.3 Å². The van der Waals surface area contributed by atoms with Crippen molar-refractivity contribution in [1.82, 2.24) is 40.1 Å². The van der Waals surface area contributed by atoms with Crippen molar-refractivity contribution in [2.75, 3.05) is 111 Å². The van der Waals surface area contributed by atoms with E-state index in [1.54, 1.807) is 27.8 Å². The van der Waals surface area contributed by atoms with Gasteiger partial charge >= 0.3 is 5.97 Å². The van der Waals surface area contributed by atoms with E-state index in [4.69, 9.17) is 54.2 Å². The molecule has 21 nitrogen and oxygen atoms in total. The second-order valence-electron chi connectivity index (χ2n) is 15.9. The lowest BCUT2D eigenvalue weighted by molar-refractivity contribution is -0.136. The Bertz CT molecular complexity index is 2400. The second-order valence-corrected chi connectivity index (χ2v) is 16.2. The topological polar surface area (TPSA) is 225 Å². The van der Waals surface area contributed by atoms with Crippen LogP contribution >= 0.6 is 11.6 Å². The van der Waals surface area contributed by atoms with Crippen molar-refractivity contribution in [3.8, 4) is 5.75 Å². The molecule has 1 aliphatic heterocycles. The van der Waals surface area contributed by atoms with Gasteiger partial charge in [0, 0.05) is 30.8 Å². The molecule has 0 saturated carbocycles. The molecule has 0 bridgehead atoms. The van der Waals surface area contributed by atoms with Crippen LogP contribution in [0.5, 0.6) is 5.75 Å². The number of benzene rings is 2. The van der Waals surface area contributed by atoms with E-state index in [0.29, 0.717) is 139 Å². The summed E-state index contributed by atoms with van der Waals surface area (Å²) in [5.41, 5.74) is 2.57. The lowest BCUT2D eigenvalue weighted by Crippen LogP contribution is -2.28. The summed E-state index contributed by atoms with van der Waals surface area (Å²) in [6, 6.07) is 8.18. The number of hydrogen-bond acceptors (Lipinski definition) is 18. The van der Waals surface area contributed by atoms with Gasteiger partial charge in [-0.1, -0.05) is 30.3 Å². The molecule has 6 rings (SSSR count). The SMILES string of the molecule is CCC1CCC(n2ncc3c(NCc4ccccc4C(=O)NCCOCCOCCOCCOCc4cn(CCOCCOCCOCCOCCC(=O)Oc5c(F)cc(F)cc5F)nn4)nc(Cl)nc32)O1. The van der Waals surface area contributed by atoms with Gasteiger partial charge in [-0.25, -0.2) is 22.5 Å². The van der Waals surface area contributed by atoms with Crippen molar-refractivity contribution >= 4 is 40.3 Å². The Morgan fingerprint density at radius 1 is 0.792 bits per heavy atom. The highest BCUT2D eigenvalue weighted by Gasteiger charge is 2.28. The Balaban J connectivity index is 0.691. The molecule has 25 heteroatoms. The molecule has 1 amide bonds. The molecule has 0 radical (unpaired) electrons. The van der Waals surface area contributed by atoms with Gasteiger partial charge in [0.15, 0.2) is 23.5 Å². The number of carbonyl (C=O) groups excluding carboxylic acids is 2. The van der Waals surface area contributed by atoms with Crippen LogP contribution < -0.4 is 15.4 Å². The Labute approximate surface area is 419 Å². The van der Waals surface area contributed by atoms with E-state index in [1.165, 1.54) is 0 Å². The fraction of sp³-hybridized carbons (Fsp3) is 0.553. The standard InChI is InChI=1S/C47H61ClF3N9O12/c1-2-36-7-8-41(71-36)60-45-38(30-54-60)44(55-47(48)56-45)53-29-33-5-3-4-6-37(33)46(62)52-10-13-64-16-19-67-23-24-69-25-26-70-32-35-31-59(58-57-35)11-14-65-17-20-68-22-21-66-18-15-63-12-9-42(61)72-43-39(50)27-34(49)28-40(43)51/h3-6,27-28,30-31,36,41H,2,7-26,29,32H2,1H3,(H,52,62)(H,53,55,56). The maximum Gasteiger partial charge on any atom is 0.313 e. The fourth-order valence-electron chi connectivity index (χ4n) is 7.04. The molecule has 5 aromatic rings. The number of nitrogens with one attached hydrogen (secondary N) is 2. The number of carbonyl (C=O) groups is 2. The Kier molecular flexibility index (Phi) is 24.3. The van der Waals surface area contributed by atoms with Crippen molar-refractivity contribution < 1.29 is 70.1 Å². The maximum absolute atomic E-state index is 13.6. The predicted molar refractivity (Wildman–Crippen MR) is 252 cm³/mol. The minimum atomic E-state index is -1.31. The molecule has 1 fully saturated rings. The summed E-state index contributed by atoms with van der Waals surface area (Å²) in [6.07, 6.45) is 5.96. The fourth-order valence-corrected chi connectivity index (χ4v) is 7.20. The van der Waals surface area contributed by atoms with Crippen molar-refractivity contribution in [3.63, 3.8) is 0 Å². The van der Waals surface area contributed by atoms with E-state index < -0.39 is 29.2 Å². The first-order valence-electron chi connectivity index (χ1n) is 23.7. The molecule has 2 atom stereocenters. The summed E-state index contributed by atoms with van der Waals surface area (Å²) in [4.78, 5) is 33.7. The largest absolute Gasteiger partial charge is 0.420 e. The van der Waals surface area contributed by atoms with Gasteiger partial charge in [-0.3, -0.25) is 9.59 Å². The smallest absolute Gasteiger partial charge is 0.313 e. The number of esters is 1. The van der Waals surface area contributed by atoms with Crippen LogP contribution in [0.3, 0.4) is 0 Å². The number of aromatic nitrogens is 7.